The van der Waals surface area contributed by atoms with Crippen LogP contribution in [0.4, 0.5) is 0 Å². The number of hydrogen-bond acceptors (Lipinski definition) is 1. The normalized spacial score (nSPS) is 54.2. The molecule has 1 unspecified atom stereocenters. The van der Waals surface area contributed by atoms with E-state index in [0.29, 0.717) is 5.92 Å². The Morgan fingerprint density at radius 3 is 2.20 bits per heavy atom. The lowest BCUT2D eigenvalue weighted by atomic mass is 10.5. The molecule has 0 radical (unpaired) electrons. The monoisotopic (exact) mass is 68.0 g/mol. The van der Waals surface area contributed by atoms with Crippen LogP contribution in [0, 0.1) is 5.92 Å². The molecule has 2 aliphatic rings. The van der Waals surface area contributed by atoms with E-state index in [1.807, 2.05) is 0 Å². The zero-order valence-electron chi connectivity index (χ0n) is 2.68. The van der Waals surface area contributed by atoms with E-state index in [-0.39, 0.29) is 6.10 Å². The zero-order chi connectivity index (χ0) is 3.44. The highest BCUT2D eigenvalue weighted by molar-refractivity contribution is 5.52. The van der Waals surface area contributed by atoms with E-state index >= 15 is 0 Å². The van der Waals surface area contributed by atoms with Crippen molar-refractivity contribution in [3.8, 4) is 0 Å². The highest BCUT2D eigenvalue weighted by atomic mass is 16.3. The van der Waals surface area contributed by atoms with Gasteiger partial charge in [-0.25, -0.2) is 0 Å². The fraction of sp³-hybridized carbons (Fsp3) is 0.500. The van der Waals surface area contributed by atoms with Crippen molar-refractivity contribution in [3.63, 3.8) is 0 Å². The van der Waals surface area contributed by atoms with Crippen LogP contribution in [-0.4, -0.2) is 11.2 Å². The third-order valence-electron chi connectivity index (χ3n) is 1.22. The molecule has 0 aromatic carbocycles. The fourth-order valence-corrected chi connectivity index (χ4v) is 0.519. The van der Waals surface area contributed by atoms with Crippen LogP contribution in [0.5, 0.6) is 0 Å². The van der Waals surface area contributed by atoms with Gasteiger partial charge >= 0.3 is 0 Å². The lowest BCUT2D eigenvalue weighted by molar-refractivity contribution is 0.269. The zero-order valence-corrected chi connectivity index (χ0v) is 2.68. The lowest BCUT2D eigenvalue weighted by Gasteiger charge is -1.74. The quantitative estimate of drug-likeness (QED) is 0.393. The van der Waals surface area contributed by atoms with Gasteiger partial charge in [0.1, 0.15) is 0 Å². The van der Waals surface area contributed by atoms with Crippen LogP contribution < -0.4 is 0 Å². The third kappa shape index (κ3) is 0.0781. The molecule has 0 aromatic heterocycles. The molecular weight excluding hydrogens is 64.0 g/mol. The minimum Gasteiger partial charge on any atom is -0.388 e. The van der Waals surface area contributed by atoms with Gasteiger partial charge in [-0.05, 0) is 5.57 Å². The van der Waals surface area contributed by atoms with E-state index < -0.39 is 0 Å². The molecule has 0 aliphatic heterocycles. The summed E-state index contributed by atoms with van der Waals surface area (Å²) in [7, 11) is 0. The number of aliphatic hydroxyl groups excluding tert-OH is 1. The molecule has 0 heterocycles. The maximum atomic E-state index is 8.42. The molecule has 1 fully saturated rings. The molecule has 2 rings (SSSR count). The third-order valence-corrected chi connectivity index (χ3v) is 1.22. The molecule has 0 saturated heterocycles. The van der Waals surface area contributed by atoms with Gasteiger partial charge in [0.15, 0.2) is 0 Å². The smallest absolute Gasteiger partial charge is 0.0858 e. The van der Waals surface area contributed by atoms with Crippen LogP contribution in [0.2, 0.25) is 0 Å². The second-order valence-corrected chi connectivity index (χ2v) is 1.64. The maximum absolute atomic E-state index is 8.42. The summed E-state index contributed by atoms with van der Waals surface area (Å²) >= 11 is 0. The summed E-state index contributed by atoms with van der Waals surface area (Å²) in [5.74, 6) is 0.565. The van der Waals surface area contributed by atoms with Crippen LogP contribution in [0.3, 0.4) is 0 Å². The molecular formula is C4H4O. The Balaban J connectivity index is 2.42. The number of rotatable bonds is 0. The molecule has 1 N–H and O–H groups in total. The van der Waals surface area contributed by atoms with Crippen LogP contribution >= 0.6 is 0 Å². The number of fused-ring (bicyclic) bond motifs is 1. The molecule has 0 aromatic rings. The lowest BCUT2D eigenvalue weighted by Crippen LogP contribution is -1.81. The van der Waals surface area contributed by atoms with Crippen LogP contribution in [0.25, 0.3) is 0 Å². The summed E-state index contributed by atoms with van der Waals surface area (Å²) in [6, 6.07) is 0. The first-order chi connectivity index (χ1) is 2.39. The first-order valence-electron chi connectivity index (χ1n) is 1.79. The SMILES string of the molecule is O[C@H]1C2=CC21. The Kier molecular flexibility index (Phi) is 0.114. The van der Waals surface area contributed by atoms with Gasteiger partial charge in [0.25, 0.3) is 0 Å². The van der Waals surface area contributed by atoms with Crippen molar-refractivity contribution in [2.45, 2.75) is 6.10 Å². The van der Waals surface area contributed by atoms with Crippen molar-refractivity contribution in [2.24, 2.45) is 5.92 Å². The van der Waals surface area contributed by atoms with Gasteiger partial charge in [0.05, 0.1) is 6.10 Å². The molecule has 1 heteroatoms. The Bertz CT molecular complexity index is 104. The van der Waals surface area contributed by atoms with Crippen LogP contribution in [0.15, 0.2) is 11.6 Å². The number of hydrogen-bond donors (Lipinski definition) is 1. The summed E-state index contributed by atoms with van der Waals surface area (Å²) in [4.78, 5) is 0. The van der Waals surface area contributed by atoms with Crippen molar-refractivity contribution in [1.29, 1.82) is 0 Å². The van der Waals surface area contributed by atoms with Crippen molar-refractivity contribution < 1.29 is 5.11 Å². The minimum absolute atomic E-state index is 0.00926. The average Bonchev–Trinajstić information content (AvgIpc) is 2.11. The van der Waals surface area contributed by atoms with E-state index in [1.54, 1.807) is 0 Å². The number of aliphatic hydroxyl groups is 1. The summed E-state index contributed by atoms with van der Waals surface area (Å²) in [5, 5.41) is 8.42. The molecule has 2 atom stereocenters. The second kappa shape index (κ2) is 0.287. The minimum atomic E-state index is 0.00926. The molecule has 0 spiro atoms. The van der Waals surface area contributed by atoms with Gasteiger partial charge in [0.2, 0.25) is 0 Å². The van der Waals surface area contributed by atoms with Crippen molar-refractivity contribution in [2.75, 3.05) is 0 Å². The molecule has 1 nitrogen and oxygen atoms in total. The Morgan fingerprint density at radius 2 is 2.20 bits per heavy atom. The van der Waals surface area contributed by atoms with E-state index in [1.165, 1.54) is 5.57 Å². The van der Waals surface area contributed by atoms with Crippen LogP contribution in [-0.2, 0) is 0 Å². The molecule has 0 amide bonds. The van der Waals surface area contributed by atoms with Gasteiger partial charge < -0.3 is 5.11 Å². The highest BCUT2D eigenvalue weighted by Gasteiger charge is 2.52. The topological polar surface area (TPSA) is 20.2 Å². The first kappa shape index (κ1) is 1.98. The van der Waals surface area contributed by atoms with Gasteiger partial charge in [0, 0.05) is 5.92 Å². The predicted octanol–water partition coefficient (Wildman–Crippen LogP) is -0.0829. The standard InChI is InChI=1S/C4H4O/c5-4-2-1-3(2)4/h1-2,4-5H/t2?,4-/m1/s1. The molecule has 0 bridgehead atoms. The molecule has 2 aliphatic carbocycles. The van der Waals surface area contributed by atoms with Crippen LogP contribution in [0.1, 0.15) is 0 Å². The van der Waals surface area contributed by atoms with Gasteiger partial charge in [-0.3, -0.25) is 0 Å². The van der Waals surface area contributed by atoms with Crippen molar-refractivity contribution >= 4 is 0 Å². The average molecular weight is 68.1 g/mol. The summed E-state index contributed by atoms with van der Waals surface area (Å²) in [6.45, 7) is 0. The Labute approximate surface area is 29.9 Å². The first-order valence-corrected chi connectivity index (χ1v) is 1.79. The van der Waals surface area contributed by atoms with E-state index in [4.69, 9.17) is 5.11 Å². The van der Waals surface area contributed by atoms with Gasteiger partial charge in [-0.2, -0.15) is 0 Å². The largest absolute Gasteiger partial charge is 0.388 e. The Morgan fingerprint density at radius 1 is 1.80 bits per heavy atom. The van der Waals surface area contributed by atoms with Gasteiger partial charge in [-0.1, -0.05) is 6.08 Å². The Hall–Kier alpha value is -0.300. The summed E-state index contributed by atoms with van der Waals surface area (Å²) in [5.41, 5.74) is 1.27. The molecule has 1 saturated carbocycles. The fourth-order valence-electron chi connectivity index (χ4n) is 0.519. The van der Waals surface area contributed by atoms with Crippen molar-refractivity contribution in [1.82, 2.24) is 0 Å². The summed E-state index contributed by atoms with van der Waals surface area (Å²) in [6.07, 6.45) is 2.08. The van der Waals surface area contributed by atoms with Crippen molar-refractivity contribution in [3.05, 3.63) is 11.6 Å². The molecule has 5 heavy (non-hydrogen) atoms. The van der Waals surface area contributed by atoms with E-state index in [2.05, 4.69) is 6.08 Å². The molecule has 26 valence electrons. The highest BCUT2D eigenvalue weighted by Crippen LogP contribution is 2.53. The predicted molar refractivity (Wildman–Crippen MR) is 17.6 cm³/mol. The maximum Gasteiger partial charge on any atom is 0.0858 e. The van der Waals surface area contributed by atoms with E-state index in [9.17, 15) is 0 Å². The summed E-state index contributed by atoms with van der Waals surface area (Å²) < 4.78 is 0. The second-order valence-electron chi connectivity index (χ2n) is 1.64. The van der Waals surface area contributed by atoms with E-state index in [0.717, 1.165) is 0 Å². The van der Waals surface area contributed by atoms with Gasteiger partial charge in [-0.15, -0.1) is 0 Å².